The Kier molecular flexibility index (Phi) is 4.41. The third-order valence-corrected chi connectivity index (χ3v) is 3.67. The molecule has 0 spiro atoms. The maximum atomic E-state index is 14.0. The van der Waals surface area contributed by atoms with Gasteiger partial charge in [0.2, 0.25) is 5.91 Å². The molecule has 0 saturated carbocycles. The molecule has 0 unspecified atom stereocenters. The van der Waals surface area contributed by atoms with Crippen molar-refractivity contribution in [3.05, 3.63) is 29.3 Å². The lowest BCUT2D eigenvalue weighted by atomic mass is 9.96. The van der Waals surface area contributed by atoms with Crippen LogP contribution in [0.25, 0.3) is 0 Å². The van der Waals surface area contributed by atoms with E-state index in [2.05, 4.69) is 0 Å². The highest BCUT2D eigenvalue weighted by molar-refractivity contribution is 5.79. The zero-order valence-corrected chi connectivity index (χ0v) is 12.1. The largest absolute Gasteiger partial charge is 0.366 e. The minimum Gasteiger partial charge on any atom is -0.366 e. The van der Waals surface area contributed by atoms with Crippen LogP contribution in [0.4, 0.5) is 14.5 Å². The summed E-state index contributed by atoms with van der Waals surface area (Å²) in [5, 5.41) is 8.72. The van der Waals surface area contributed by atoms with Crippen LogP contribution in [0.15, 0.2) is 12.1 Å². The minimum atomic E-state index is -0.760. The first kappa shape index (κ1) is 15.2. The number of hydrogen-bond acceptors (Lipinski definition) is 3. The first-order valence-electron chi connectivity index (χ1n) is 6.79. The van der Waals surface area contributed by atoms with Gasteiger partial charge in [0.15, 0.2) is 11.6 Å². The molecule has 1 aromatic rings. The van der Waals surface area contributed by atoms with Crippen molar-refractivity contribution in [2.24, 2.45) is 5.92 Å². The smallest absolute Gasteiger partial charge is 0.226 e. The van der Waals surface area contributed by atoms with Gasteiger partial charge in [-0.1, -0.05) is 0 Å². The van der Waals surface area contributed by atoms with Crippen LogP contribution in [0.1, 0.15) is 18.4 Å². The maximum Gasteiger partial charge on any atom is 0.226 e. The molecule has 1 aliphatic heterocycles. The lowest BCUT2D eigenvalue weighted by Gasteiger charge is -2.35. The second kappa shape index (κ2) is 6.08. The number of carbonyl (C=O) groups is 1. The molecule has 1 saturated heterocycles. The van der Waals surface area contributed by atoms with Gasteiger partial charge in [-0.15, -0.1) is 0 Å². The number of hydrogen-bond donors (Lipinski definition) is 0. The second-order valence-electron chi connectivity index (χ2n) is 5.42. The first-order valence-corrected chi connectivity index (χ1v) is 6.79. The lowest BCUT2D eigenvalue weighted by Crippen LogP contribution is -2.43. The highest BCUT2D eigenvalue weighted by Crippen LogP contribution is 2.29. The third kappa shape index (κ3) is 3.13. The highest BCUT2D eigenvalue weighted by atomic mass is 19.1. The van der Waals surface area contributed by atoms with Crippen molar-refractivity contribution < 1.29 is 13.6 Å². The van der Waals surface area contributed by atoms with Crippen LogP contribution in [-0.4, -0.2) is 38.0 Å². The summed E-state index contributed by atoms with van der Waals surface area (Å²) in [7, 11) is 3.34. The van der Waals surface area contributed by atoms with Gasteiger partial charge >= 0.3 is 0 Å². The van der Waals surface area contributed by atoms with Crippen molar-refractivity contribution in [3.8, 4) is 6.07 Å². The summed E-state index contributed by atoms with van der Waals surface area (Å²) in [6.45, 7) is 0.785. The SMILES string of the molecule is CN(C)C(=O)[C@H]1CCCN(c2c(F)cc(C#N)cc2F)C1. The second-order valence-corrected chi connectivity index (χ2v) is 5.42. The molecule has 112 valence electrons. The molecule has 2 rings (SSSR count). The molecule has 0 radical (unpaired) electrons. The zero-order chi connectivity index (χ0) is 15.6. The predicted octanol–water partition coefficient (Wildman–Crippen LogP) is 2.14. The number of amides is 1. The number of benzene rings is 1. The molecular formula is C15H17F2N3O. The van der Waals surface area contributed by atoms with Crippen LogP contribution in [0, 0.1) is 28.9 Å². The fraction of sp³-hybridized carbons (Fsp3) is 0.467. The van der Waals surface area contributed by atoms with Crippen LogP contribution in [-0.2, 0) is 4.79 Å². The summed E-state index contributed by atoms with van der Waals surface area (Å²) >= 11 is 0. The van der Waals surface area contributed by atoms with Crippen molar-refractivity contribution in [2.45, 2.75) is 12.8 Å². The number of rotatable bonds is 2. The molecule has 1 heterocycles. The third-order valence-electron chi connectivity index (χ3n) is 3.67. The van der Waals surface area contributed by atoms with Crippen molar-refractivity contribution >= 4 is 11.6 Å². The highest BCUT2D eigenvalue weighted by Gasteiger charge is 2.29. The molecule has 1 amide bonds. The standard InChI is InChI=1S/C15H17F2N3O/c1-19(2)15(21)11-4-3-5-20(9-11)14-12(16)6-10(8-18)7-13(14)17/h6-7,11H,3-5,9H2,1-2H3/t11-/m0/s1. The molecule has 4 nitrogen and oxygen atoms in total. The molecule has 0 bridgehead atoms. The van der Waals surface area contributed by atoms with Gasteiger partial charge in [-0.3, -0.25) is 4.79 Å². The predicted molar refractivity (Wildman–Crippen MR) is 74.7 cm³/mol. The zero-order valence-electron chi connectivity index (χ0n) is 12.1. The number of nitrogens with zero attached hydrogens (tertiary/aromatic N) is 3. The average Bonchev–Trinajstić information content (AvgIpc) is 2.45. The van der Waals surface area contributed by atoms with E-state index in [-0.39, 0.29) is 29.6 Å². The topological polar surface area (TPSA) is 47.3 Å². The fourth-order valence-electron chi connectivity index (χ4n) is 2.68. The maximum absolute atomic E-state index is 14.0. The normalized spacial score (nSPS) is 18.2. The molecule has 6 heteroatoms. The van der Waals surface area contributed by atoms with E-state index in [1.165, 1.54) is 4.90 Å². The number of piperidine rings is 1. The van der Waals surface area contributed by atoms with Gasteiger partial charge in [0.05, 0.1) is 17.6 Å². The molecular weight excluding hydrogens is 276 g/mol. The average molecular weight is 293 g/mol. The van der Waals surface area contributed by atoms with E-state index in [0.29, 0.717) is 19.4 Å². The first-order chi connectivity index (χ1) is 9.93. The molecule has 1 aromatic carbocycles. The van der Waals surface area contributed by atoms with Gasteiger partial charge in [-0.2, -0.15) is 5.26 Å². The van der Waals surface area contributed by atoms with Crippen molar-refractivity contribution in [2.75, 3.05) is 32.1 Å². The van der Waals surface area contributed by atoms with Gasteiger partial charge in [-0.05, 0) is 25.0 Å². The van der Waals surface area contributed by atoms with E-state index in [1.54, 1.807) is 25.1 Å². The molecule has 1 atom stereocenters. The summed E-state index contributed by atoms with van der Waals surface area (Å²) in [6, 6.07) is 3.77. The van der Waals surface area contributed by atoms with E-state index in [9.17, 15) is 13.6 Å². The molecule has 1 aliphatic rings. The van der Waals surface area contributed by atoms with Crippen LogP contribution >= 0.6 is 0 Å². The Morgan fingerprint density at radius 3 is 2.52 bits per heavy atom. The number of anilines is 1. The van der Waals surface area contributed by atoms with E-state index in [4.69, 9.17) is 5.26 Å². The Hall–Kier alpha value is -2.16. The van der Waals surface area contributed by atoms with Gasteiger partial charge in [0, 0.05) is 27.2 Å². The Labute approximate surface area is 122 Å². The quantitative estimate of drug-likeness (QED) is 0.839. The van der Waals surface area contributed by atoms with E-state index in [1.807, 2.05) is 0 Å². The van der Waals surface area contributed by atoms with Gasteiger partial charge in [0.1, 0.15) is 5.69 Å². The number of carbonyl (C=O) groups excluding carboxylic acids is 1. The van der Waals surface area contributed by atoms with Crippen molar-refractivity contribution in [3.63, 3.8) is 0 Å². The lowest BCUT2D eigenvalue weighted by molar-refractivity contribution is -0.133. The van der Waals surface area contributed by atoms with Crippen LogP contribution < -0.4 is 4.90 Å². The molecule has 21 heavy (non-hydrogen) atoms. The fourth-order valence-corrected chi connectivity index (χ4v) is 2.68. The van der Waals surface area contributed by atoms with Crippen molar-refractivity contribution in [1.29, 1.82) is 5.26 Å². The Bertz CT molecular complexity index is 572. The Balaban J connectivity index is 2.26. The molecule has 1 fully saturated rings. The summed E-state index contributed by atoms with van der Waals surface area (Å²) in [4.78, 5) is 15.1. The summed E-state index contributed by atoms with van der Waals surface area (Å²) in [6.07, 6.45) is 1.41. The van der Waals surface area contributed by atoms with E-state index < -0.39 is 11.6 Å². The minimum absolute atomic E-state index is 0.0332. The van der Waals surface area contributed by atoms with Gasteiger partial charge < -0.3 is 9.80 Å². The molecule has 0 aromatic heterocycles. The van der Waals surface area contributed by atoms with E-state index >= 15 is 0 Å². The number of nitriles is 1. The van der Waals surface area contributed by atoms with Gasteiger partial charge in [-0.25, -0.2) is 8.78 Å². The number of halogens is 2. The Morgan fingerprint density at radius 2 is 2.00 bits per heavy atom. The molecule has 0 N–H and O–H groups in total. The summed E-state index contributed by atoms with van der Waals surface area (Å²) in [5.41, 5.74) is -0.197. The summed E-state index contributed by atoms with van der Waals surface area (Å²) in [5.74, 6) is -1.81. The van der Waals surface area contributed by atoms with Crippen LogP contribution in [0.2, 0.25) is 0 Å². The van der Waals surface area contributed by atoms with Crippen molar-refractivity contribution in [1.82, 2.24) is 4.90 Å². The van der Waals surface area contributed by atoms with Crippen LogP contribution in [0.5, 0.6) is 0 Å². The van der Waals surface area contributed by atoms with Gasteiger partial charge in [0.25, 0.3) is 0 Å². The van der Waals surface area contributed by atoms with Crippen LogP contribution in [0.3, 0.4) is 0 Å². The summed E-state index contributed by atoms with van der Waals surface area (Å²) < 4.78 is 28.1. The molecule has 0 aliphatic carbocycles. The van der Waals surface area contributed by atoms with E-state index in [0.717, 1.165) is 12.1 Å². The Morgan fingerprint density at radius 1 is 1.38 bits per heavy atom. The monoisotopic (exact) mass is 293 g/mol.